The molecule has 0 spiro atoms. The van der Waals surface area contributed by atoms with Gasteiger partial charge in [-0.2, -0.15) is 5.26 Å². The lowest BCUT2D eigenvalue weighted by molar-refractivity contribution is 0.304. The van der Waals surface area contributed by atoms with E-state index in [1.54, 1.807) is 0 Å². The molecule has 4 heteroatoms. The molecule has 0 N–H and O–H groups in total. The maximum absolute atomic E-state index is 9.36. The van der Waals surface area contributed by atoms with Crippen LogP contribution >= 0.6 is 0 Å². The second-order valence-corrected chi connectivity index (χ2v) is 5.41. The summed E-state index contributed by atoms with van der Waals surface area (Å²) >= 11 is 0. The molecule has 22 heavy (non-hydrogen) atoms. The van der Waals surface area contributed by atoms with Crippen LogP contribution in [0.3, 0.4) is 0 Å². The first-order valence-corrected chi connectivity index (χ1v) is 7.69. The molecule has 1 aromatic carbocycles. The first-order chi connectivity index (χ1) is 10.7. The molecule has 0 aliphatic carbocycles. The maximum atomic E-state index is 9.36. The highest BCUT2D eigenvalue weighted by Gasteiger charge is 2.19. The predicted octanol–water partition coefficient (Wildman–Crippen LogP) is 4.32. The molecule has 2 aromatic rings. The van der Waals surface area contributed by atoms with Gasteiger partial charge in [0.2, 0.25) is 0 Å². The quantitative estimate of drug-likeness (QED) is 0.714. The third-order valence-corrected chi connectivity index (χ3v) is 3.83. The number of rotatable bonds is 7. The van der Waals surface area contributed by atoms with Crippen LogP contribution in [0, 0.1) is 25.2 Å². The van der Waals surface area contributed by atoms with Gasteiger partial charge in [-0.3, -0.25) is 0 Å². The Labute approximate surface area is 131 Å². The third kappa shape index (κ3) is 3.88. The van der Waals surface area contributed by atoms with E-state index in [1.165, 1.54) is 5.56 Å². The van der Waals surface area contributed by atoms with Crippen molar-refractivity contribution in [1.29, 1.82) is 5.26 Å². The number of aromatic nitrogens is 1. The van der Waals surface area contributed by atoms with E-state index in [0.717, 1.165) is 42.0 Å². The zero-order valence-electron chi connectivity index (χ0n) is 13.4. The molecule has 4 nitrogen and oxygen atoms in total. The Hall–Kier alpha value is -2.28. The molecule has 1 heterocycles. The van der Waals surface area contributed by atoms with E-state index in [0.29, 0.717) is 6.61 Å². The molecule has 0 aliphatic heterocycles. The van der Waals surface area contributed by atoms with Crippen LogP contribution in [-0.2, 0) is 6.42 Å². The van der Waals surface area contributed by atoms with Gasteiger partial charge in [-0.25, -0.2) is 0 Å². The molecule has 1 aromatic heterocycles. The Morgan fingerprint density at radius 3 is 2.55 bits per heavy atom. The molecular weight excluding hydrogens is 276 g/mol. The molecule has 0 fully saturated rings. The Kier molecular flexibility index (Phi) is 5.60. The highest BCUT2D eigenvalue weighted by atomic mass is 16.5. The van der Waals surface area contributed by atoms with E-state index in [-0.39, 0.29) is 5.92 Å². The zero-order chi connectivity index (χ0) is 15.9. The van der Waals surface area contributed by atoms with Crippen LogP contribution in [0.15, 0.2) is 28.8 Å². The Balaban J connectivity index is 1.83. The molecule has 0 aliphatic rings. The van der Waals surface area contributed by atoms with Crippen LogP contribution in [0.1, 0.15) is 48.3 Å². The average Bonchev–Trinajstić information content (AvgIpc) is 2.87. The van der Waals surface area contributed by atoms with E-state index in [2.05, 4.69) is 30.3 Å². The van der Waals surface area contributed by atoms with Crippen molar-refractivity contribution in [3.8, 4) is 11.8 Å². The molecule has 116 valence electrons. The number of aryl methyl sites for hydroxylation is 3. The van der Waals surface area contributed by atoms with Crippen molar-refractivity contribution in [2.24, 2.45) is 0 Å². The minimum Gasteiger partial charge on any atom is -0.494 e. The van der Waals surface area contributed by atoms with Crippen molar-refractivity contribution in [1.82, 2.24) is 5.16 Å². The molecule has 2 rings (SSSR count). The summed E-state index contributed by atoms with van der Waals surface area (Å²) in [6, 6.07) is 10.5. The largest absolute Gasteiger partial charge is 0.494 e. The number of nitrogens with zero attached hydrogens (tertiary/aromatic N) is 2. The lowest BCUT2D eigenvalue weighted by atomic mass is 9.94. The van der Waals surface area contributed by atoms with Gasteiger partial charge in [-0.1, -0.05) is 24.2 Å². The summed E-state index contributed by atoms with van der Waals surface area (Å²) in [6.07, 6.45) is 2.59. The van der Waals surface area contributed by atoms with Crippen molar-refractivity contribution >= 4 is 0 Å². The lowest BCUT2D eigenvalue weighted by Crippen LogP contribution is -2.03. The third-order valence-electron chi connectivity index (χ3n) is 3.83. The minimum atomic E-state index is -0.183. The average molecular weight is 298 g/mol. The number of hydrogen-bond donors (Lipinski definition) is 0. The molecule has 0 saturated carbocycles. The monoisotopic (exact) mass is 298 g/mol. The van der Waals surface area contributed by atoms with Gasteiger partial charge in [-0.05, 0) is 50.8 Å². The van der Waals surface area contributed by atoms with Crippen LogP contribution in [0.4, 0.5) is 0 Å². The van der Waals surface area contributed by atoms with Gasteiger partial charge in [-0.15, -0.1) is 0 Å². The van der Waals surface area contributed by atoms with Gasteiger partial charge < -0.3 is 9.26 Å². The van der Waals surface area contributed by atoms with Gasteiger partial charge in [0.15, 0.2) is 0 Å². The second kappa shape index (κ2) is 7.65. The minimum absolute atomic E-state index is 0.183. The molecular formula is C18H22N2O2. The number of ether oxygens (including phenoxy) is 1. The maximum Gasteiger partial charge on any atom is 0.138 e. The van der Waals surface area contributed by atoms with Crippen molar-refractivity contribution in [2.75, 3.05) is 6.61 Å². The first-order valence-electron chi connectivity index (χ1n) is 7.69. The molecule has 1 atom stereocenters. The number of hydrogen-bond acceptors (Lipinski definition) is 4. The topological polar surface area (TPSA) is 59.0 Å². The van der Waals surface area contributed by atoms with E-state index in [4.69, 9.17) is 9.26 Å². The normalized spacial score (nSPS) is 11.9. The van der Waals surface area contributed by atoms with E-state index in [9.17, 15) is 5.26 Å². The SMILES string of the molecule is CCc1ccc(OCCCC(C#N)c2c(C)noc2C)cc1. The highest BCUT2D eigenvalue weighted by molar-refractivity contribution is 5.30. The summed E-state index contributed by atoms with van der Waals surface area (Å²) in [4.78, 5) is 0. The summed E-state index contributed by atoms with van der Waals surface area (Å²) in [5.41, 5.74) is 3.03. The van der Waals surface area contributed by atoms with E-state index >= 15 is 0 Å². The van der Waals surface area contributed by atoms with Crippen molar-refractivity contribution in [3.63, 3.8) is 0 Å². The fraction of sp³-hybridized carbons (Fsp3) is 0.444. The molecule has 0 saturated heterocycles. The fourth-order valence-corrected chi connectivity index (χ4v) is 2.56. The highest BCUT2D eigenvalue weighted by Crippen LogP contribution is 2.26. The molecule has 0 radical (unpaired) electrons. The summed E-state index contributed by atoms with van der Waals surface area (Å²) < 4.78 is 10.9. The summed E-state index contributed by atoms with van der Waals surface area (Å²) in [5, 5.41) is 13.3. The van der Waals surface area contributed by atoms with Gasteiger partial charge in [0.05, 0.1) is 24.3 Å². The first kappa shape index (κ1) is 16.1. The van der Waals surface area contributed by atoms with Gasteiger partial charge in [0, 0.05) is 5.56 Å². The zero-order valence-corrected chi connectivity index (χ0v) is 13.4. The fourth-order valence-electron chi connectivity index (χ4n) is 2.56. The van der Waals surface area contributed by atoms with Crippen molar-refractivity contribution < 1.29 is 9.26 Å². The number of benzene rings is 1. The Morgan fingerprint density at radius 1 is 1.27 bits per heavy atom. The standard InChI is InChI=1S/C18H22N2O2/c1-4-15-7-9-17(10-8-15)21-11-5-6-16(12-19)18-13(2)20-22-14(18)3/h7-10,16H,4-6,11H2,1-3H3. The predicted molar refractivity (Wildman–Crippen MR) is 84.9 cm³/mol. The van der Waals surface area contributed by atoms with Crippen molar-refractivity contribution in [3.05, 3.63) is 46.8 Å². The van der Waals surface area contributed by atoms with Gasteiger partial charge >= 0.3 is 0 Å². The van der Waals surface area contributed by atoms with Crippen LogP contribution < -0.4 is 4.74 Å². The Bertz CT molecular complexity index is 619. The van der Waals surface area contributed by atoms with Crippen molar-refractivity contribution in [2.45, 2.75) is 46.0 Å². The summed E-state index contributed by atoms with van der Waals surface area (Å²) in [5.74, 6) is 1.43. The van der Waals surface area contributed by atoms with E-state index < -0.39 is 0 Å². The van der Waals surface area contributed by atoms with Crippen LogP contribution in [-0.4, -0.2) is 11.8 Å². The summed E-state index contributed by atoms with van der Waals surface area (Å²) in [6.45, 7) is 6.47. The molecule has 0 amide bonds. The van der Waals surface area contributed by atoms with E-state index in [1.807, 2.05) is 26.0 Å². The number of nitriles is 1. The second-order valence-electron chi connectivity index (χ2n) is 5.41. The van der Waals surface area contributed by atoms with Crippen LogP contribution in [0.5, 0.6) is 5.75 Å². The smallest absolute Gasteiger partial charge is 0.138 e. The van der Waals surface area contributed by atoms with Crippen LogP contribution in [0.2, 0.25) is 0 Å². The van der Waals surface area contributed by atoms with Gasteiger partial charge in [0.1, 0.15) is 11.5 Å². The lowest BCUT2D eigenvalue weighted by Gasteiger charge is -2.10. The molecule has 0 bridgehead atoms. The Morgan fingerprint density at radius 2 is 2.00 bits per heavy atom. The molecule has 1 unspecified atom stereocenters. The van der Waals surface area contributed by atoms with Crippen LogP contribution in [0.25, 0.3) is 0 Å². The summed E-state index contributed by atoms with van der Waals surface area (Å²) in [7, 11) is 0. The van der Waals surface area contributed by atoms with Gasteiger partial charge in [0.25, 0.3) is 0 Å².